The van der Waals surface area contributed by atoms with Crippen molar-refractivity contribution in [3.63, 3.8) is 0 Å². The van der Waals surface area contributed by atoms with Crippen molar-refractivity contribution in [3.05, 3.63) is 47.4 Å². The number of ether oxygens (including phenoxy) is 1. The molecule has 0 radical (unpaired) electrons. The van der Waals surface area contributed by atoms with Crippen molar-refractivity contribution in [1.82, 2.24) is 19.9 Å². The highest BCUT2D eigenvalue weighted by Crippen LogP contribution is 2.48. The van der Waals surface area contributed by atoms with Gasteiger partial charge in [-0.15, -0.1) is 0 Å². The van der Waals surface area contributed by atoms with Crippen molar-refractivity contribution in [1.29, 1.82) is 0 Å². The van der Waals surface area contributed by atoms with Gasteiger partial charge in [-0.1, -0.05) is 6.42 Å². The molecule has 4 aliphatic rings. The Bertz CT molecular complexity index is 1310. The molecule has 3 aromatic rings. The number of benzene rings is 1. The van der Waals surface area contributed by atoms with Crippen LogP contribution in [0.15, 0.2) is 24.5 Å². The van der Waals surface area contributed by atoms with Crippen LogP contribution in [0.4, 0.5) is 15.9 Å². The Hall–Kier alpha value is -3.33. The highest BCUT2D eigenvalue weighted by atomic mass is 19.1. The zero-order chi connectivity index (χ0) is 23.7. The molecule has 3 unspecified atom stereocenters. The Labute approximate surface area is 203 Å². The van der Waals surface area contributed by atoms with E-state index in [0.717, 1.165) is 72.1 Å². The number of anilines is 2. The van der Waals surface area contributed by atoms with E-state index in [1.807, 2.05) is 7.05 Å². The standard InChI is InChI=1S/C26H28FN7O/c1-29-21-7-15(27)6-18-17(21)8-22-23(18)25(34-11-14-5-20(28)19(14)12-34)33-26(32-22)35-16-9-30-24(31-10-16)13-3-2-4-13/h6-7,9-10,13-14,19-20,29H,2-5,8,11-12,28H2,1H3. The molecule has 0 bridgehead atoms. The summed E-state index contributed by atoms with van der Waals surface area (Å²) in [6, 6.07) is 3.63. The molecule has 1 aliphatic heterocycles. The van der Waals surface area contributed by atoms with Crippen LogP contribution in [0.25, 0.3) is 11.1 Å². The lowest BCUT2D eigenvalue weighted by Gasteiger charge is -2.36. The number of hydrogen-bond acceptors (Lipinski definition) is 8. The summed E-state index contributed by atoms with van der Waals surface area (Å²) >= 11 is 0. The van der Waals surface area contributed by atoms with Gasteiger partial charge in [0.25, 0.3) is 0 Å². The Kier molecular flexibility index (Phi) is 4.70. The van der Waals surface area contributed by atoms with E-state index in [9.17, 15) is 4.39 Å². The maximum Gasteiger partial charge on any atom is 0.324 e. The molecule has 3 N–H and O–H groups in total. The quantitative estimate of drug-likeness (QED) is 0.451. The number of halogens is 1. The Balaban J connectivity index is 1.27. The minimum Gasteiger partial charge on any atom is -0.421 e. The normalized spacial score (nSPS) is 24.3. The molecule has 7 rings (SSSR count). The summed E-state index contributed by atoms with van der Waals surface area (Å²) in [4.78, 5) is 20.9. The third-order valence-corrected chi connectivity index (χ3v) is 8.29. The molecule has 8 nitrogen and oxygen atoms in total. The molecule has 3 heterocycles. The summed E-state index contributed by atoms with van der Waals surface area (Å²) < 4.78 is 20.6. The molecular formula is C26H28FN7O. The first-order valence-electron chi connectivity index (χ1n) is 12.5. The lowest BCUT2D eigenvalue weighted by Crippen LogP contribution is -2.46. The van der Waals surface area contributed by atoms with Crippen molar-refractivity contribution in [2.24, 2.45) is 17.6 Å². The number of nitrogens with two attached hydrogens (primary N) is 1. The first-order chi connectivity index (χ1) is 17.1. The van der Waals surface area contributed by atoms with Gasteiger partial charge in [0, 0.05) is 49.8 Å². The maximum absolute atomic E-state index is 14.5. The van der Waals surface area contributed by atoms with Gasteiger partial charge in [-0.2, -0.15) is 9.97 Å². The Morgan fingerprint density at radius 2 is 1.97 bits per heavy atom. The van der Waals surface area contributed by atoms with E-state index in [1.54, 1.807) is 18.5 Å². The van der Waals surface area contributed by atoms with E-state index >= 15 is 0 Å². The first kappa shape index (κ1) is 21.0. The summed E-state index contributed by atoms with van der Waals surface area (Å²) in [6.45, 7) is 1.74. The average Bonchev–Trinajstić information content (AvgIpc) is 3.35. The Morgan fingerprint density at radius 3 is 2.66 bits per heavy atom. The summed E-state index contributed by atoms with van der Waals surface area (Å²) in [5.41, 5.74) is 10.7. The van der Waals surface area contributed by atoms with Crippen LogP contribution in [0.5, 0.6) is 11.8 Å². The highest BCUT2D eigenvalue weighted by Gasteiger charge is 2.46. The van der Waals surface area contributed by atoms with Crippen LogP contribution in [0.2, 0.25) is 0 Å². The first-order valence-corrected chi connectivity index (χ1v) is 12.5. The molecule has 2 saturated carbocycles. The fraction of sp³-hybridized carbons (Fsp3) is 0.462. The topological polar surface area (TPSA) is 102 Å². The van der Waals surface area contributed by atoms with E-state index in [2.05, 4.69) is 20.2 Å². The highest BCUT2D eigenvalue weighted by molar-refractivity contribution is 5.88. The molecule has 9 heteroatoms. The average molecular weight is 474 g/mol. The molecule has 0 spiro atoms. The van der Waals surface area contributed by atoms with Gasteiger partial charge in [-0.05, 0) is 54.4 Å². The zero-order valence-corrected chi connectivity index (χ0v) is 19.7. The van der Waals surface area contributed by atoms with Crippen LogP contribution < -0.4 is 20.7 Å². The second-order valence-corrected chi connectivity index (χ2v) is 10.3. The molecule has 3 fully saturated rings. The number of nitrogens with one attached hydrogen (secondary N) is 1. The smallest absolute Gasteiger partial charge is 0.324 e. The molecular weight excluding hydrogens is 445 g/mol. The summed E-state index contributed by atoms with van der Waals surface area (Å²) in [5, 5.41) is 3.13. The second-order valence-electron chi connectivity index (χ2n) is 10.3. The SMILES string of the molecule is CNc1cc(F)cc2c1Cc1nc(Oc3cnc(C4CCC4)nc3)nc(N3CC4CC(N)C4C3)c1-2. The van der Waals surface area contributed by atoms with Crippen LogP contribution in [0.1, 0.15) is 48.7 Å². The van der Waals surface area contributed by atoms with Gasteiger partial charge in [-0.3, -0.25) is 0 Å². The third-order valence-electron chi connectivity index (χ3n) is 8.29. The molecule has 1 aromatic carbocycles. The van der Waals surface area contributed by atoms with Crippen LogP contribution in [-0.2, 0) is 6.42 Å². The monoisotopic (exact) mass is 473 g/mol. The predicted octanol–water partition coefficient (Wildman–Crippen LogP) is 3.86. The van der Waals surface area contributed by atoms with Crippen molar-refractivity contribution < 1.29 is 9.13 Å². The lowest BCUT2D eigenvalue weighted by atomic mass is 9.72. The van der Waals surface area contributed by atoms with Gasteiger partial charge in [0.05, 0.1) is 18.1 Å². The largest absolute Gasteiger partial charge is 0.421 e. The number of fused-ring (bicyclic) bond motifs is 4. The van der Waals surface area contributed by atoms with E-state index in [4.69, 9.17) is 20.4 Å². The molecule has 2 aromatic heterocycles. The number of aromatic nitrogens is 4. The van der Waals surface area contributed by atoms with Crippen LogP contribution in [0.3, 0.4) is 0 Å². The van der Waals surface area contributed by atoms with Gasteiger partial charge in [0.2, 0.25) is 0 Å². The molecule has 35 heavy (non-hydrogen) atoms. The van der Waals surface area contributed by atoms with E-state index < -0.39 is 0 Å². The maximum atomic E-state index is 14.5. The van der Waals surface area contributed by atoms with E-state index in [1.165, 1.54) is 12.5 Å². The van der Waals surface area contributed by atoms with Gasteiger partial charge in [-0.25, -0.2) is 14.4 Å². The molecule has 3 atom stereocenters. The number of nitrogens with zero attached hydrogens (tertiary/aromatic N) is 5. The zero-order valence-electron chi connectivity index (χ0n) is 19.7. The van der Waals surface area contributed by atoms with Crippen molar-refractivity contribution in [3.8, 4) is 22.9 Å². The van der Waals surface area contributed by atoms with Gasteiger partial charge >= 0.3 is 6.01 Å². The van der Waals surface area contributed by atoms with Crippen molar-refractivity contribution in [2.75, 3.05) is 30.4 Å². The van der Waals surface area contributed by atoms with Gasteiger partial charge in [0.15, 0.2) is 5.75 Å². The number of rotatable bonds is 5. The fourth-order valence-electron chi connectivity index (χ4n) is 6.08. The van der Waals surface area contributed by atoms with Crippen LogP contribution in [0, 0.1) is 17.7 Å². The minimum atomic E-state index is -0.278. The molecule has 1 saturated heterocycles. The van der Waals surface area contributed by atoms with Gasteiger partial charge in [0.1, 0.15) is 17.5 Å². The number of hydrogen-bond donors (Lipinski definition) is 2. The fourth-order valence-corrected chi connectivity index (χ4v) is 6.08. The minimum absolute atomic E-state index is 0.238. The summed E-state index contributed by atoms with van der Waals surface area (Å²) in [7, 11) is 1.81. The van der Waals surface area contributed by atoms with E-state index in [0.29, 0.717) is 29.9 Å². The third kappa shape index (κ3) is 3.36. The summed E-state index contributed by atoms with van der Waals surface area (Å²) in [5.74, 6) is 3.42. The van der Waals surface area contributed by atoms with E-state index in [-0.39, 0.29) is 17.9 Å². The predicted molar refractivity (Wildman–Crippen MR) is 130 cm³/mol. The second kappa shape index (κ2) is 7.84. The van der Waals surface area contributed by atoms with Crippen molar-refractivity contribution in [2.45, 2.75) is 44.1 Å². The van der Waals surface area contributed by atoms with Crippen LogP contribution >= 0.6 is 0 Å². The molecule has 3 aliphatic carbocycles. The molecule has 180 valence electrons. The van der Waals surface area contributed by atoms with Crippen molar-refractivity contribution >= 4 is 11.5 Å². The van der Waals surface area contributed by atoms with Gasteiger partial charge < -0.3 is 20.7 Å². The van der Waals surface area contributed by atoms with Crippen LogP contribution in [-0.4, -0.2) is 46.1 Å². The Morgan fingerprint density at radius 1 is 1.14 bits per heavy atom. The summed E-state index contributed by atoms with van der Waals surface area (Å²) in [6.07, 6.45) is 8.57. The molecule has 0 amide bonds. The lowest BCUT2D eigenvalue weighted by molar-refractivity contribution is 0.194.